The normalized spacial score (nSPS) is 11.8. The van der Waals surface area contributed by atoms with Gasteiger partial charge in [0.1, 0.15) is 0 Å². The van der Waals surface area contributed by atoms with Crippen molar-refractivity contribution in [1.82, 2.24) is 0 Å². The Morgan fingerprint density at radius 1 is 1.44 bits per heavy atom. The number of sulfone groups is 1. The number of hydrogen-bond donors (Lipinski definition) is 1. The van der Waals surface area contributed by atoms with Crippen LogP contribution < -0.4 is 0 Å². The number of carbonyl (C=O) groups is 1. The van der Waals surface area contributed by atoms with Crippen LogP contribution in [-0.4, -0.2) is 25.2 Å². The van der Waals surface area contributed by atoms with Crippen LogP contribution in [0.2, 0.25) is 0 Å². The maximum absolute atomic E-state index is 11.7. The molecule has 1 N–H and O–H groups in total. The molecule has 1 aromatic rings. The Kier molecular flexibility index (Phi) is 3.84. The van der Waals surface area contributed by atoms with E-state index in [1.165, 1.54) is 30.3 Å². The van der Waals surface area contributed by atoms with Crippen molar-refractivity contribution in [3.05, 3.63) is 42.0 Å². The predicted octanol–water partition coefficient (Wildman–Crippen LogP) is 1.73. The zero-order valence-corrected chi connectivity index (χ0v) is 9.57. The number of allylic oxidation sites excluding steroid dienone is 1. The van der Waals surface area contributed by atoms with Gasteiger partial charge in [-0.3, -0.25) is 0 Å². The van der Waals surface area contributed by atoms with Gasteiger partial charge in [-0.05, 0) is 25.1 Å². The Morgan fingerprint density at radius 3 is 2.69 bits per heavy atom. The number of aromatic carboxylic acids is 1. The van der Waals surface area contributed by atoms with Crippen molar-refractivity contribution in [2.75, 3.05) is 5.75 Å². The number of hydrogen-bond acceptors (Lipinski definition) is 3. The van der Waals surface area contributed by atoms with E-state index in [-0.39, 0.29) is 16.2 Å². The van der Waals surface area contributed by atoms with E-state index in [2.05, 4.69) is 0 Å². The average molecular weight is 240 g/mol. The van der Waals surface area contributed by atoms with Gasteiger partial charge >= 0.3 is 5.97 Å². The Labute approximate surface area is 94.1 Å². The van der Waals surface area contributed by atoms with Gasteiger partial charge in [0.25, 0.3) is 0 Å². The van der Waals surface area contributed by atoms with Crippen LogP contribution in [0.25, 0.3) is 0 Å². The zero-order chi connectivity index (χ0) is 12.2. The van der Waals surface area contributed by atoms with E-state index in [4.69, 9.17) is 5.11 Å². The Morgan fingerprint density at radius 2 is 2.12 bits per heavy atom. The van der Waals surface area contributed by atoms with Crippen LogP contribution in [0.15, 0.2) is 41.3 Å². The highest BCUT2D eigenvalue weighted by Crippen LogP contribution is 2.13. The van der Waals surface area contributed by atoms with E-state index in [1.54, 1.807) is 13.0 Å². The van der Waals surface area contributed by atoms with E-state index >= 15 is 0 Å². The Hall–Kier alpha value is -1.62. The molecular weight excluding hydrogens is 228 g/mol. The summed E-state index contributed by atoms with van der Waals surface area (Å²) >= 11 is 0. The second kappa shape index (κ2) is 4.94. The molecule has 0 spiro atoms. The maximum atomic E-state index is 11.7. The van der Waals surface area contributed by atoms with Crippen LogP contribution in [0.1, 0.15) is 17.3 Å². The van der Waals surface area contributed by atoms with Crippen molar-refractivity contribution in [1.29, 1.82) is 0 Å². The summed E-state index contributed by atoms with van der Waals surface area (Å²) in [5.41, 5.74) is -0.0263. The van der Waals surface area contributed by atoms with Gasteiger partial charge in [-0.25, -0.2) is 13.2 Å². The minimum absolute atomic E-state index is 0.0263. The highest BCUT2D eigenvalue weighted by molar-refractivity contribution is 7.91. The zero-order valence-electron chi connectivity index (χ0n) is 8.75. The third-order valence-electron chi connectivity index (χ3n) is 1.99. The van der Waals surface area contributed by atoms with Crippen LogP contribution >= 0.6 is 0 Å². The molecule has 0 saturated heterocycles. The molecule has 0 aromatic heterocycles. The number of rotatable bonds is 4. The lowest BCUT2D eigenvalue weighted by Gasteiger charge is -2.02. The van der Waals surface area contributed by atoms with Gasteiger partial charge in [-0.2, -0.15) is 0 Å². The molecule has 86 valence electrons. The molecular formula is C11H12O4S. The molecule has 4 nitrogen and oxygen atoms in total. The summed E-state index contributed by atoms with van der Waals surface area (Å²) in [6.45, 7) is 1.73. The van der Waals surface area contributed by atoms with Crippen molar-refractivity contribution < 1.29 is 18.3 Å². The van der Waals surface area contributed by atoms with Crippen LogP contribution in [0.4, 0.5) is 0 Å². The lowest BCUT2D eigenvalue weighted by molar-refractivity contribution is 0.0696. The van der Waals surface area contributed by atoms with E-state index in [9.17, 15) is 13.2 Å². The first-order valence-corrected chi connectivity index (χ1v) is 6.30. The van der Waals surface area contributed by atoms with Gasteiger partial charge in [0.2, 0.25) is 0 Å². The number of benzene rings is 1. The molecule has 5 heteroatoms. The lowest BCUT2D eigenvalue weighted by atomic mass is 10.2. The van der Waals surface area contributed by atoms with Crippen LogP contribution in [0.5, 0.6) is 0 Å². The van der Waals surface area contributed by atoms with Gasteiger partial charge in [0, 0.05) is 0 Å². The summed E-state index contributed by atoms with van der Waals surface area (Å²) in [5, 5.41) is 8.74. The fourth-order valence-electron chi connectivity index (χ4n) is 1.14. The number of carboxylic acid groups (broad SMARTS) is 1. The second-order valence-electron chi connectivity index (χ2n) is 3.18. The molecule has 0 amide bonds. The van der Waals surface area contributed by atoms with Crippen LogP contribution in [-0.2, 0) is 9.84 Å². The van der Waals surface area contributed by atoms with Crippen molar-refractivity contribution in [2.24, 2.45) is 0 Å². The van der Waals surface area contributed by atoms with Gasteiger partial charge in [-0.1, -0.05) is 18.2 Å². The molecule has 0 unspecified atom stereocenters. The van der Waals surface area contributed by atoms with Gasteiger partial charge < -0.3 is 5.11 Å². The van der Waals surface area contributed by atoms with Gasteiger partial charge in [-0.15, -0.1) is 0 Å². The minimum Gasteiger partial charge on any atom is -0.478 e. The van der Waals surface area contributed by atoms with Crippen molar-refractivity contribution >= 4 is 15.8 Å². The average Bonchev–Trinajstić information content (AvgIpc) is 2.26. The molecule has 16 heavy (non-hydrogen) atoms. The first kappa shape index (κ1) is 12.4. The summed E-state index contributed by atoms with van der Waals surface area (Å²) in [5.74, 6) is -1.25. The second-order valence-corrected chi connectivity index (χ2v) is 5.22. The first-order valence-electron chi connectivity index (χ1n) is 4.64. The summed E-state index contributed by atoms with van der Waals surface area (Å²) < 4.78 is 23.4. The summed E-state index contributed by atoms with van der Waals surface area (Å²) in [7, 11) is -3.43. The molecule has 0 aliphatic rings. The molecule has 0 saturated carbocycles. The Bertz CT molecular complexity index is 515. The molecule has 0 aliphatic heterocycles. The van der Waals surface area contributed by atoms with E-state index in [0.717, 1.165) is 0 Å². The molecule has 0 radical (unpaired) electrons. The fraction of sp³-hybridized carbons (Fsp3) is 0.182. The smallest absolute Gasteiger partial charge is 0.335 e. The maximum Gasteiger partial charge on any atom is 0.335 e. The van der Waals surface area contributed by atoms with E-state index in [1.807, 2.05) is 0 Å². The summed E-state index contributed by atoms with van der Waals surface area (Å²) in [6, 6.07) is 5.34. The third kappa shape index (κ3) is 2.93. The van der Waals surface area contributed by atoms with Gasteiger partial charge in [0.05, 0.1) is 16.2 Å². The topological polar surface area (TPSA) is 71.4 Å². The molecule has 1 aromatic carbocycles. The summed E-state index contributed by atoms with van der Waals surface area (Å²) in [6.07, 6.45) is 3.15. The molecule has 0 atom stereocenters. The third-order valence-corrected chi connectivity index (χ3v) is 3.59. The Balaban J connectivity index is 3.13. The quantitative estimate of drug-likeness (QED) is 0.813. The molecule has 0 heterocycles. The molecule has 0 aliphatic carbocycles. The SMILES string of the molecule is C/C=C/CS(=O)(=O)c1cccc(C(=O)O)c1. The highest BCUT2D eigenvalue weighted by atomic mass is 32.2. The highest BCUT2D eigenvalue weighted by Gasteiger charge is 2.14. The van der Waals surface area contributed by atoms with Crippen LogP contribution in [0, 0.1) is 0 Å². The van der Waals surface area contributed by atoms with E-state index in [0.29, 0.717) is 0 Å². The van der Waals surface area contributed by atoms with Gasteiger partial charge in [0.15, 0.2) is 9.84 Å². The number of carboxylic acids is 1. The van der Waals surface area contributed by atoms with Crippen molar-refractivity contribution in [3.63, 3.8) is 0 Å². The van der Waals surface area contributed by atoms with Crippen molar-refractivity contribution in [3.8, 4) is 0 Å². The summed E-state index contributed by atoms with van der Waals surface area (Å²) in [4.78, 5) is 10.7. The fourth-order valence-corrected chi connectivity index (χ4v) is 2.37. The monoisotopic (exact) mass is 240 g/mol. The standard InChI is InChI=1S/C11H12O4S/c1-2-3-7-16(14,15)10-6-4-5-9(8-10)11(12)13/h2-6,8H,7H2,1H3,(H,12,13)/b3-2+. The first-order chi connectivity index (χ1) is 7.47. The van der Waals surface area contributed by atoms with Crippen LogP contribution in [0.3, 0.4) is 0 Å². The lowest BCUT2D eigenvalue weighted by Crippen LogP contribution is -2.06. The molecule has 0 bridgehead atoms. The molecule has 1 rings (SSSR count). The van der Waals surface area contributed by atoms with Crippen molar-refractivity contribution in [2.45, 2.75) is 11.8 Å². The largest absolute Gasteiger partial charge is 0.478 e. The van der Waals surface area contributed by atoms with E-state index < -0.39 is 15.8 Å². The predicted molar refractivity (Wildman–Crippen MR) is 60.3 cm³/mol. The minimum atomic E-state index is -3.43. The molecule has 0 fully saturated rings.